The highest BCUT2D eigenvalue weighted by atomic mass is 16.3. The second-order valence-corrected chi connectivity index (χ2v) is 9.91. The number of fused-ring (bicyclic) bond motifs is 5. The van der Waals surface area contributed by atoms with Crippen LogP contribution >= 0.6 is 0 Å². The van der Waals surface area contributed by atoms with Crippen LogP contribution in [0.5, 0.6) is 0 Å². The van der Waals surface area contributed by atoms with Crippen molar-refractivity contribution in [2.45, 2.75) is 64.9 Å². The molecule has 3 saturated carbocycles. The van der Waals surface area contributed by atoms with Crippen molar-refractivity contribution in [3.8, 4) is 0 Å². The molecule has 1 unspecified atom stereocenters. The van der Waals surface area contributed by atoms with Crippen LogP contribution in [0.1, 0.15) is 59.3 Å². The van der Waals surface area contributed by atoms with E-state index in [1.165, 1.54) is 0 Å². The molecule has 0 aromatic carbocycles. The average Bonchev–Trinajstić information content (AvgIpc) is 2.83. The third kappa shape index (κ3) is 2.21. The summed E-state index contributed by atoms with van der Waals surface area (Å²) in [6.45, 7) is 5.45. The van der Waals surface area contributed by atoms with Crippen molar-refractivity contribution >= 4 is 17.3 Å². The van der Waals surface area contributed by atoms with Crippen LogP contribution in [0.15, 0.2) is 11.6 Å². The number of ketones is 3. The van der Waals surface area contributed by atoms with E-state index in [1.807, 2.05) is 13.8 Å². The molecule has 148 valence electrons. The van der Waals surface area contributed by atoms with Gasteiger partial charge in [-0.3, -0.25) is 14.4 Å². The summed E-state index contributed by atoms with van der Waals surface area (Å²) in [5.74, 6) is -0.482. The minimum absolute atomic E-state index is 0.190. The summed E-state index contributed by atoms with van der Waals surface area (Å²) in [7, 11) is 0. The van der Waals surface area contributed by atoms with E-state index in [-0.39, 0.29) is 35.2 Å². The molecule has 0 spiro atoms. The molecule has 4 aliphatic carbocycles. The zero-order valence-corrected chi connectivity index (χ0v) is 16.5. The maximum Gasteiger partial charge on any atom is 0.221 e. The van der Waals surface area contributed by atoms with E-state index in [1.54, 1.807) is 6.08 Å². The summed E-state index contributed by atoms with van der Waals surface area (Å²) >= 11 is 0. The standard InChI is InChI=1S/C22H30O5/c1-12-8-16-14-5-4-13-9-17(24)18(25)10-20(13,2)15(14)6-7-21(16,3)22(12,27)19(26)11-23/h9,12,14-16,23,27H,4-8,10-11H2,1-3H3/t12?,14-,15+,16+,20+,21+,22+/m1/s1. The second-order valence-electron chi connectivity index (χ2n) is 9.91. The molecule has 0 bridgehead atoms. The molecule has 0 amide bonds. The maximum atomic E-state index is 12.5. The van der Waals surface area contributed by atoms with Gasteiger partial charge in [0.1, 0.15) is 12.2 Å². The number of carbonyl (C=O) groups is 3. The van der Waals surface area contributed by atoms with Crippen LogP contribution in [0.25, 0.3) is 0 Å². The fourth-order valence-corrected chi connectivity index (χ4v) is 7.52. The highest BCUT2D eigenvalue weighted by Gasteiger charge is 2.68. The first-order valence-electron chi connectivity index (χ1n) is 10.2. The van der Waals surface area contributed by atoms with Crippen molar-refractivity contribution in [2.24, 2.45) is 34.5 Å². The van der Waals surface area contributed by atoms with Gasteiger partial charge in [-0.1, -0.05) is 26.3 Å². The van der Waals surface area contributed by atoms with Gasteiger partial charge in [0, 0.05) is 11.8 Å². The molecule has 27 heavy (non-hydrogen) atoms. The molecule has 0 saturated heterocycles. The van der Waals surface area contributed by atoms with Gasteiger partial charge in [-0.15, -0.1) is 0 Å². The highest BCUT2D eigenvalue weighted by Crippen LogP contribution is 2.68. The summed E-state index contributed by atoms with van der Waals surface area (Å²) in [6, 6.07) is 0. The van der Waals surface area contributed by atoms with Gasteiger partial charge in [-0.25, -0.2) is 0 Å². The van der Waals surface area contributed by atoms with Crippen LogP contribution in [-0.4, -0.2) is 39.8 Å². The number of aliphatic hydroxyl groups excluding tert-OH is 1. The van der Waals surface area contributed by atoms with E-state index in [2.05, 4.69) is 6.92 Å². The Bertz CT molecular complexity index is 754. The van der Waals surface area contributed by atoms with Crippen molar-refractivity contribution in [1.29, 1.82) is 0 Å². The maximum absolute atomic E-state index is 12.5. The Kier molecular flexibility index (Phi) is 4.11. The Morgan fingerprint density at radius 2 is 1.93 bits per heavy atom. The molecule has 5 heteroatoms. The fourth-order valence-electron chi connectivity index (χ4n) is 7.52. The van der Waals surface area contributed by atoms with Gasteiger partial charge in [0.25, 0.3) is 0 Å². The van der Waals surface area contributed by atoms with Crippen LogP contribution in [0.2, 0.25) is 0 Å². The van der Waals surface area contributed by atoms with Crippen LogP contribution < -0.4 is 0 Å². The average molecular weight is 374 g/mol. The Labute approximate surface area is 160 Å². The van der Waals surface area contributed by atoms with Gasteiger partial charge in [-0.2, -0.15) is 0 Å². The molecule has 0 aromatic heterocycles. The molecule has 3 fully saturated rings. The van der Waals surface area contributed by atoms with Gasteiger partial charge in [0.05, 0.1) is 0 Å². The Balaban J connectivity index is 1.73. The minimum atomic E-state index is -1.48. The topological polar surface area (TPSA) is 91.7 Å². The summed E-state index contributed by atoms with van der Waals surface area (Å²) in [6.07, 6.45) is 5.92. The second kappa shape index (κ2) is 5.84. The molecule has 0 aliphatic heterocycles. The lowest BCUT2D eigenvalue weighted by molar-refractivity contribution is -0.170. The smallest absolute Gasteiger partial charge is 0.221 e. The van der Waals surface area contributed by atoms with Crippen LogP contribution in [-0.2, 0) is 14.4 Å². The van der Waals surface area contributed by atoms with Gasteiger partial charge >= 0.3 is 0 Å². The van der Waals surface area contributed by atoms with E-state index >= 15 is 0 Å². The zero-order valence-electron chi connectivity index (χ0n) is 16.5. The monoisotopic (exact) mass is 374 g/mol. The zero-order chi connectivity index (χ0) is 19.8. The largest absolute Gasteiger partial charge is 0.388 e. The molecule has 0 radical (unpaired) electrons. The van der Waals surface area contributed by atoms with E-state index in [4.69, 9.17) is 0 Å². The number of allylic oxidation sites excluding steroid dienone is 1. The first-order valence-corrected chi connectivity index (χ1v) is 10.2. The van der Waals surface area contributed by atoms with Crippen molar-refractivity contribution in [1.82, 2.24) is 0 Å². The first-order chi connectivity index (χ1) is 12.6. The number of aliphatic hydroxyl groups is 2. The molecule has 0 aromatic rings. The summed E-state index contributed by atoms with van der Waals surface area (Å²) in [4.78, 5) is 36.6. The highest BCUT2D eigenvalue weighted by molar-refractivity contribution is 6.42. The lowest BCUT2D eigenvalue weighted by Crippen LogP contribution is -2.59. The molecular formula is C22H30O5. The summed E-state index contributed by atoms with van der Waals surface area (Å²) in [5.41, 5.74) is -1.18. The molecular weight excluding hydrogens is 344 g/mol. The predicted octanol–water partition coefficient (Wildman–Crippen LogP) is 2.24. The van der Waals surface area contributed by atoms with Crippen LogP contribution in [0, 0.1) is 34.5 Å². The number of carbonyl (C=O) groups excluding carboxylic acids is 3. The molecule has 4 rings (SSSR count). The van der Waals surface area contributed by atoms with Crippen LogP contribution in [0.3, 0.4) is 0 Å². The van der Waals surface area contributed by atoms with E-state index < -0.39 is 23.4 Å². The summed E-state index contributed by atoms with van der Waals surface area (Å²) < 4.78 is 0. The first kappa shape index (κ1) is 19.0. The predicted molar refractivity (Wildman–Crippen MR) is 98.7 cm³/mol. The van der Waals surface area contributed by atoms with E-state index in [0.29, 0.717) is 18.3 Å². The third-order valence-electron chi connectivity index (χ3n) is 8.99. The number of hydrogen-bond donors (Lipinski definition) is 2. The van der Waals surface area contributed by atoms with Gasteiger partial charge < -0.3 is 10.2 Å². The molecule has 5 nitrogen and oxygen atoms in total. The lowest BCUT2D eigenvalue weighted by atomic mass is 9.46. The van der Waals surface area contributed by atoms with Gasteiger partial charge in [0.15, 0.2) is 5.78 Å². The van der Waals surface area contributed by atoms with Gasteiger partial charge in [0.2, 0.25) is 11.6 Å². The van der Waals surface area contributed by atoms with Crippen molar-refractivity contribution in [3.05, 3.63) is 11.6 Å². The quantitative estimate of drug-likeness (QED) is 0.723. The number of Topliss-reactive ketones (excluding diaryl/α,β-unsaturated/α-hetero) is 2. The van der Waals surface area contributed by atoms with Crippen molar-refractivity contribution in [2.75, 3.05) is 6.61 Å². The third-order valence-corrected chi connectivity index (χ3v) is 8.99. The Hall–Kier alpha value is -1.33. The van der Waals surface area contributed by atoms with Crippen molar-refractivity contribution < 1.29 is 24.6 Å². The molecule has 7 atom stereocenters. The molecule has 4 aliphatic rings. The molecule has 0 heterocycles. The Morgan fingerprint density at radius 1 is 1.22 bits per heavy atom. The number of hydrogen-bond acceptors (Lipinski definition) is 5. The fraction of sp³-hybridized carbons (Fsp3) is 0.773. The van der Waals surface area contributed by atoms with Gasteiger partial charge in [-0.05, 0) is 67.3 Å². The van der Waals surface area contributed by atoms with Crippen LogP contribution in [0.4, 0.5) is 0 Å². The normalized spacial score (nSPS) is 49.1. The summed E-state index contributed by atoms with van der Waals surface area (Å²) in [5, 5.41) is 20.9. The Morgan fingerprint density at radius 3 is 2.59 bits per heavy atom. The molecule has 2 N–H and O–H groups in total. The van der Waals surface area contributed by atoms with E-state index in [9.17, 15) is 24.6 Å². The van der Waals surface area contributed by atoms with Crippen molar-refractivity contribution in [3.63, 3.8) is 0 Å². The lowest BCUT2D eigenvalue weighted by Gasteiger charge is -2.58. The minimum Gasteiger partial charge on any atom is -0.388 e. The van der Waals surface area contributed by atoms with E-state index in [0.717, 1.165) is 31.3 Å². The SMILES string of the molecule is CC1C[C@H]2[C@@H]3CCC4=CC(=O)C(=O)C[C@]4(C)[C@H]3CC[C@]2(C)[C@@]1(O)C(=O)CO. The number of rotatable bonds is 2.